The van der Waals surface area contributed by atoms with Crippen LogP contribution in [0, 0.1) is 0 Å². The maximum atomic E-state index is 12.1. The van der Waals surface area contributed by atoms with Crippen LogP contribution in [-0.4, -0.2) is 90.2 Å². The standard InChI is InChI=1S/C23H33N5O2/c1-25(2)13-17-6-5-7-18(10-17)23-24-8-9-28(23)19-11-20-16-30-21(15-27(20)14-19)12-22(29)26(3)4/h5-10,19-21H,11-16H2,1-4H3/t19-,20+,21+/m1/s1. The number of imidazole rings is 1. The van der Waals surface area contributed by atoms with E-state index in [0.717, 1.165) is 37.4 Å². The van der Waals surface area contributed by atoms with E-state index in [0.29, 0.717) is 25.1 Å². The van der Waals surface area contributed by atoms with Gasteiger partial charge in [-0.25, -0.2) is 4.98 Å². The predicted molar refractivity (Wildman–Crippen MR) is 117 cm³/mol. The molecule has 1 aromatic carbocycles. The molecule has 162 valence electrons. The molecule has 2 aromatic rings. The second-order valence-corrected chi connectivity index (χ2v) is 9.04. The number of aromatic nitrogens is 2. The predicted octanol–water partition coefficient (Wildman–Crippen LogP) is 2.10. The molecule has 3 heterocycles. The number of carbonyl (C=O) groups excluding carboxylic acids is 1. The molecule has 4 rings (SSSR count). The first-order valence-corrected chi connectivity index (χ1v) is 10.7. The highest BCUT2D eigenvalue weighted by atomic mass is 16.5. The van der Waals surface area contributed by atoms with Crippen LogP contribution in [0.25, 0.3) is 11.4 Å². The van der Waals surface area contributed by atoms with E-state index >= 15 is 0 Å². The van der Waals surface area contributed by atoms with Crippen LogP contribution in [0.2, 0.25) is 0 Å². The third-order valence-corrected chi connectivity index (χ3v) is 6.12. The molecule has 0 spiro atoms. The van der Waals surface area contributed by atoms with Gasteiger partial charge in [-0.1, -0.05) is 18.2 Å². The molecule has 7 heteroatoms. The molecule has 3 atom stereocenters. The van der Waals surface area contributed by atoms with Crippen LogP contribution in [0.3, 0.4) is 0 Å². The Morgan fingerprint density at radius 2 is 2.03 bits per heavy atom. The molecule has 1 aromatic heterocycles. The van der Waals surface area contributed by atoms with Crippen LogP contribution in [0.4, 0.5) is 0 Å². The lowest BCUT2D eigenvalue weighted by Crippen LogP contribution is -2.47. The second kappa shape index (κ2) is 8.88. The van der Waals surface area contributed by atoms with Crippen LogP contribution >= 0.6 is 0 Å². The van der Waals surface area contributed by atoms with Crippen molar-refractivity contribution in [2.45, 2.75) is 37.6 Å². The summed E-state index contributed by atoms with van der Waals surface area (Å²) >= 11 is 0. The van der Waals surface area contributed by atoms with Gasteiger partial charge in [0.05, 0.1) is 19.1 Å². The van der Waals surface area contributed by atoms with Gasteiger partial charge in [-0.2, -0.15) is 0 Å². The fourth-order valence-electron chi connectivity index (χ4n) is 4.62. The van der Waals surface area contributed by atoms with Crippen molar-refractivity contribution in [3.63, 3.8) is 0 Å². The lowest BCUT2D eigenvalue weighted by molar-refractivity contribution is -0.134. The van der Waals surface area contributed by atoms with Crippen molar-refractivity contribution in [2.75, 3.05) is 47.9 Å². The Bertz CT molecular complexity index is 878. The summed E-state index contributed by atoms with van der Waals surface area (Å²) in [7, 11) is 7.77. The number of carbonyl (C=O) groups is 1. The highest BCUT2D eigenvalue weighted by Crippen LogP contribution is 2.34. The smallest absolute Gasteiger partial charge is 0.224 e. The molecule has 7 nitrogen and oxygen atoms in total. The van der Waals surface area contributed by atoms with E-state index in [1.165, 1.54) is 5.56 Å². The number of nitrogens with zero attached hydrogens (tertiary/aromatic N) is 5. The Balaban J connectivity index is 1.46. The van der Waals surface area contributed by atoms with Gasteiger partial charge in [0.15, 0.2) is 0 Å². The summed E-state index contributed by atoms with van der Waals surface area (Å²) in [5.74, 6) is 1.16. The van der Waals surface area contributed by atoms with Crippen LogP contribution in [0.5, 0.6) is 0 Å². The summed E-state index contributed by atoms with van der Waals surface area (Å²) in [6, 6.07) is 9.46. The van der Waals surface area contributed by atoms with Crippen LogP contribution in [-0.2, 0) is 16.1 Å². The van der Waals surface area contributed by atoms with Gasteiger partial charge >= 0.3 is 0 Å². The molecule has 0 bridgehead atoms. The molecule has 0 N–H and O–H groups in total. The minimum Gasteiger partial charge on any atom is -0.375 e. The highest BCUT2D eigenvalue weighted by Gasteiger charge is 2.39. The summed E-state index contributed by atoms with van der Waals surface area (Å²) in [4.78, 5) is 23.1. The van der Waals surface area contributed by atoms with E-state index in [1.54, 1.807) is 19.0 Å². The highest BCUT2D eigenvalue weighted by molar-refractivity contribution is 5.76. The minimum absolute atomic E-state index is 0.0140. The van der Waals surface area contributed by atoms with Gasteiger partial charge in [0.2, 0.25) is 5.91 Å². The number of rotatable bonds is 6. The number of hydrogen-bond acceptors (Lipinski definition) is 5. The largest absolute Gasteiger partial charge is 0.375 e. The third kappa shape index (κ3) is 4.58. The summed E-state index contributed by atoms with van der Waals surface area (Å²) in [5, 5.41) is 0. The molecular weight excluding hydrogens is 378 g/mol. The van der Waals surface area contributed by atoms with Crippen molar-refractivity contribution in [1.82, 2.24) is 24.3 Å². The quantitative estimate of drug-likeness (QED) is 0.729. The van der Waals surface area contributed by atoms with Crippen LogP contribution in [0.15, 0.2) is 36.7 Å². The van der Waals surface area contributed by atoms with Crippen molar-refractivity contribution in [1.29, 1.82) is 0 Å². The van der Waals surface area contributed by atoms with Crippen molar-refractivity contribution in [3.8, 4) is 11.4 Å². The summed E-state index contributed by atoms with van der Waals surface area (Å²) < 4.78 is 8.35. The van der Waals surface area contributed by atoms with E-state index in [4.69, 9.17) is 9.72 Å². The van der Waals surface area contributed by atoms with Crippen molar-refractivity contribution < 1.29 is 9.53 Å². The van der Waals surface area contributed by atoms with Crippen LogP contribution in [0.1, 0.15) is 24.4 Å². The van der Waals surface area contributed by atoms with Gasteiger partial charge in [0, 0.05) is 63.8 Å². The Labute approximate surface area is 179 Å². The van der Waals surface area contributed by atoms with Gasteiger partial charge < -0.3 is 19.1 Å². The van der Waals surface area contributed by atoms with Crippen LogP contribution < -0.4 is 0 Å². The third-order valence-electron chi connectivity index (χ3n) is 6.12. The molecule has 2 saturated heterocycles. The van der Waals surface area contributed by atoms with Gasteiger partial charge in [-0.3, -0.25) is 9.69 Å². The Morgan fingerprint density at radius 3 is 2.80 bits per heavy atom. The van der Waals surface area contributed by atoms with E-state index in [1.807, 2.05) is 6.20 Å². The summed E-state index contributed by atoms with van der Waals surface area (Å²) in [6.07, 6.45) is 5.50. The van der Waals surface area contributed by atoms with Crippen molar-refractivity contribution in [2.24, 2.45) is 0 Å². The summed E-state index contributed by atoms with van der Waals surface area (Å²) in [5.41, 5.74) is 2.45. The van der Waals surface area contributed by atoms with Crippen molar-refractivity contribution >= 4 is 5.91 Å². The minimum atomic E-state index is -0.0140. The van der Waals surface area contributed by atoms with E-state index in [-0.39, 0.29) is 12.0 Å². The molecule has 0 unspecified atom stereocenters. The number of fused-ring (bicyclic) bond motifs is 1. The zero-order valence-electron chi connectivity index (χ0n) is 18.5. The number of hydrogen-bond donors (Lipinski definition) is 0. The normalized spacial score (nSPS) is 24.2. The molecule has 1 amide bonds. The average Bonchev–Trinajstić information content (AvgIpc) is 3.34. The first-order valence-electron chi connectivity index (χ1n) is 10.7. The molecule has 0 radical (unpaired) electrons. The zero-order valence-corrected chi connectivity index (χ0v) is 18.5. The van der Waals surface area contributed by atoms with Gasteiger partial charge in [0.1, 0.15) is 5.82 Å². The topological polar surface area (TPSA) is 53.8 Å². The molecule has 0 aliphatic carbocycles. The van der Waals surface area contributed by atoms with E-state index in [2.05, 4.69) is 58.9 Å². The molecule has 0 saturated carbocycles. The Hall–Kier alpha value is -2.22. The molecule has 2 aliphatic rings. The van der Waals surface area contributed by atoms with E-state index < -0.39 is 0 Å². The fourth-order valence-corrected chi connectivity index (χ4v) is 4.62. The van der Waals surface area contributed by atoms with Gasteiger partial charge in [-0.05, 0) is 32.1 Å². The first kappa shape index (κ1) is 21.0. The number of benzene rings is 1. The average molecular weight is 412 g/mol. The zero-order chi connectivity index (χ0) is 21.3. The molecule has 2 fully saturated rings. The maximum absolute atomic E-state index is 12.1. The SMILES string of the molecule is CN(C)Cc1cccc(-c2nccn2[C@@H]2C[C@H]3CO[C@@H](CC(=O)N(C)C)CN3C2)c1. The lowest BCUT2D eigenvalue weighted by atomic mass is 10.1. The molecule has 2 aliphatic heterocycles. The number of amides is 1. The lowest BCUT2D eigenvalue weighted by Gasteiger charge is -2.35. The van der Waals surface area contributed by atoms with Gasteiger partial charge in [0.25, 0.3) is 0 Å². The monoisotopic (exact) mass is 411 g/mol. The molecule has 30 heavy (non-hydrogen) atoms. The Morgan fingerprint density at radius 1 is 1.20 bits per heavy atom. The second-order valence-electron chi connectivity index (χ2n) is 9.04. The first-order chi connectivity index (χ1) is 14.4. The maximum Gasteiger partial charge on any atom is 0.224 e. The Kier molecular flexibility index (Phi) is 6.22. The van der Waals surface area contributed by atoms with E-state index in [9.17, 15) is 4.79 Å². The fraction of sp³-hybridized carbons (Fsp3) is 0.565. The number of ether oxygens (including phenoxy) is 1. The van der Waals surface area contributed by atoms with Gasteiger partial charge in [-0.15, -0.1) is 0 Å². The molecular formula is C23H33N5O2. The van der Waals surface area contributed by atoms with Crippen molar-refractivity contribution in [3.05, 3.63) is 42.2 Å². The summed E-state index contributed by atoms with van der Waals surface area (Å²) in [6.45, 7) is 3.41. The number of morpholine rings is 1.